The maximum absolute atomic E-state index is 12.6. The Morgan fingerprint density at radius 3 is 2.59 bits per heavy atom. The van der Waals surface area contributed by atoms with Crippen molar-refractivity contribution in [2.24, 2.45) is 0 Å². The molecular weight excluding hydrogens is 390 g/mol. The second-order valence-electron chi connectivity index (χ2n) is 6.02. The van der Waals surface area contributed by atoms with E-state index in [4.69, 9.17) is 4.74 Å². The number of carbonyl (C=O) groups excluding carboxylic acids is 1. The molecule has 1 aliphatic heterocycles. The fourth-order valence-corrected chi connectivity index (χ4v) is 3.00. The van der Waals surface area contributed by atoms with Crippen LogP contribution in [0.1, 0.15) is 21.6 Å². The fraction of sp³-hybridized carbons (Fsp3) is 0.250. The number of amides is 2. The lowest BCUT2D eigenvalue weighted by Gasteiger charge is -2.24. The minimum Gasteiger partial charge on any atom is -0.497 e. The number of nitro benzene ring substituents is 1. The number of nitrogens with one attached hydrogen (secondary N) is 1. The number of carboxylic acid groups (broad SMARTS) is 2. The molecule has 2 amide bonds. The van der Waals surface area contributed by atoms with E-state index in [-0.39, 0.29) is 47.9 Å². The predicted molar refractivity (Wildman–Crippen MR) is 95.4 cm³/mol. The van der Waals surface area contributed by atoms with Gasteiger partial charge in [0.1, 0.15) is 11.3 Å². The van der Waals surface area contributed by atoms with E-state index in [1.165, 1.54) is 19.2 Å². The Balaban J connectivity index is 1.99. The third-order valence-corrected chi connectivity index (χ3v) is 4.39. The summed E-state index contributed by atoms with van der Waals surface area (Å²) >= 11 is 0. The standard InChI is InChI=1S/C16H15N5O8/c1-29-8-2-3-9(12(6-8)21(27)28)14(22)17-13-10-7-19(15(23)24)5-4-11(10)20(18-13)16(25)26/h2-3,6H,4-5,7H2,1H3,(H,23,24)(H,25,26)(H,17,18,22). The number of aromatic nitrogens is 2. The molecule has 2 heterocycles. The van der Waals surface area contributed by atoms with Crippen LogP contribution in [-0.2, 0) is 13.0 Å². The Hall–Kier alpha value is -4.16. The molecule has 0 spiro atoms. The van der Waals surface area contributed by atoms with Gasteiger partial charge in [-0.1, -0.05) is 0 Å². The monoisotopic (exact) mass is 405 g/mol. The Kier molecular flexibility index (Phi) is 5.04. The van der Waals surface area contributed by atoms with E-state index >= 15 is 0 Å². The van der Waals surface area contributed by atoms with E-state index in [9.17, 15) is 34.7 Å². The van der Waals surface area contributed by atoms with Gasteiger partial charge < -0.3 is 25.2 Å². The number of methoxy groups -OCH3 is 1. The molecule has 29 heavy (non-hydrogen) atoms. The molecule has 1 aromatic carbocycles. The summed E-state index contributed by atoms with van der Waals surface area (Å²) in [7, 11) is 1.32. The van der Waals surface area contributed by atoms with Crippen molar-refractivity contribution in [2.75, 3.05) is 19.0 Å². The van der Waals surface area contributed by atoms with Crippen LogP contribution < -0.4 is 10.1 Å². The first kappa shape index (κ1) is 19.6. The van der Waals surface area contributed by atoms with Gasteiger partial charge in [-0.2, -0.15) is 4.68 Å². The maximum Gasteiger partial charge on any atom is 0.432 e. The normalized spacial score (nSPS) is 12.8. The average molecular weight is 405 g/mol. The number of hydrogen-bond acceptors (Lipinski definition) is 7. The molecule has 0 saturated heterocycles. The van der Waals surface area contributed by atoms with Gasteiger partial charge >= 0.3 is 12.2 Å². The number of ether oxygens (including phenoxy) is 1. The van der Waals surface area contributed by atoms with Crippen molar-refractivity contribution in [3.8, 4) is 5.75 Å². The van der Waals surface area contributed by atoms with Crippen LogP contribution in [0.3, 0.4) is 0 Å². The summed E-state index contributed by atoms with van der Waals surface area (Å²) in [6.07, 6.45) is -2.53. The highest BCUT2D eigenvalue weighted by atomic mass is 16.6. The number of anilines is 1. The van der Waals surface area contributed by atoms with Crippen molar-refractivity contribution in [3.05, 3.63) is 45.1 Å². The summed E-state index contributed by atoms with van der Waals surface area (Å²) < 4.78 is 5.58. The van der Waals surface area contributed by atoms with E-state index in [1.807, 2.05) is 0 Å². The molecule has 3 rings (SSSR count). The van der Waals surface area contributed by atoms with Gasteiger partial charge in [-0.05, 0) is 12.1 Å². The van der Waals surface area contributed by atoms with Gasteiger partial charge in [-0.25, -0.2) is 9.59 Å². The Morgan fingerprint density at radius 2 is 2.00 bits per heavy atom. The molecule has 0 bridgehead atoms. The number of carbonyl (C=O) groups is 3. The largest absolute Gasteiger partial charge is 0.497 e. The summed E-state index contributed by atoms with van der Waals surface area (Å²) in [5, 5.41) is 36.0. The number of benzene rings is 1. The fourth-order valence-electron chi connectivity index (χ4n) is 3.00. The molecule has 0 atom stereocenters. The van der Waals surface area contributed by atoms with Gasteiger partial charge in [-0.15, -0.1) is 5.10 Å². The molecule has 2 aromatic rings. The third-order valence-electron chi connectivity index (χ3n) is 4.39. The zero-order valence-electron chi connectivity index (χ0n) is 15.0. The molecule has 152 valence electrons. The predicted octanol–water partition coefficient (Wildman–Crippen LogP) is 1.61. The molecule has 0 fully saturated rings. The summed E-state index contributed by atoms with van der Waals surface area (Å²) in [4.78, 5) is 46.9. The molecular formula is C16H15N5O8. The first-order valence-corrected chi connectivity index (χ1v) is 8.18. The average Bonchev–Trinajstić information content (AvgIpc) is 3.05. The lowest BCUT2D eigenvalue weighted by molar-refractivity contribution is -0.385. The summed E-state index contributed by atoms with van der Waals surface area (Å²) in [5.41, 5.74) is -0.346. The lowest BCUT2D eigenvalue weighted by Crippen LogP contribution is -2.35. The molecule has 1 aromatic heterocycles. The molecule has 0 saturated carbocycles. The Labute approximate surface area is 162 Å². The van der Waals surface area contributed by atoms with Crippen LogP contribution in [0.25, 0.3) is 0 Å². The van der Waals surface area contributed by atoms with E-state index in [0.29, 0.717) is 4.68 Å². The molecule has 13 nitrogen and oxygen atoms in total. The van der Waals surface area contributed by atoms with Crippen LogP contribution in [0, 0.1) is 10.1 Å². The zero-order valence-corrected chi connectivity index (χ0v) is 15.0. The van der Waals surface area contributed by atoms with Crippen LogP contribution in [0.15, 0.2) is 18.2 Å². The van der Waals surface area contributed by atoms with Crippen LogP contribution in [-0.4, -0.2) is 61.6 Å². The second kappa shape index (κ2) is 7.46. The second-order valence-corrected chi connectivity index (χ2v) is 6.02. The Morgan fingerprint density at radius 1 is 1.28 bits per heavy atom. The maximum atomic E-state index is 12.6. The van der Waals surface area contributed by atoms with Gasteiger partial charge in [-0.3, -0.25) is 14.9 Å². The highest BCUT2D eigenvalue weighted by molar-refractivity contribution is 6.07. The van der Waals surface area contributed by atoms with Crippen molar-refractivity contribution in [3.63, 3.8) is 0 Å². The van der Waals surface area contributed by atoms with Gasteiger partial charge in [0.05, 0.1) is 30.3 Å². The molecule has 0 unspecified atom stereocenters. The topological polar surface area (TPSA) is 177 Å². The number of hydrogen-bond donors (Lipinski definition) is 3. The summed E-state index contributed by atoms with van der Waals surface area (Å²) in [6, 6.07) is 3.63. The SMILES string of the molecule is COc1ccc(C(=O)Nc2nn(C(=O)O)c3c2CN(C(=O)O)CC3)c([N+](=O)[O-])c1. The lowest BCUT2D eigenvalue weighted by atomic mass is 10.1. The first-order valence-electron chi connectivity index (χ1n) is 8.18. The van der Waals surface area contributed by atoms with Crippen LogP contribution in [0.4, 0.5) is 21.1 Å². The van der Waals surface area contributed by atoms with Gasteiger partial charge in [0.25, 0.3) is 11.6 Å². The highest BCUT2D eigenvalue weighted by Crippen LogP contribution is 2.29. The third kappa shape index (κ3) is 3.65. The summed E-state index contributed by atoms with van der Waals surface area (Å²) in [5.74, 6) is -0.897. The van der Waals surface area contributed by atoms with Gasteiger partial charge in [0, 0.05) is 18.5 Å². The summed E-state index contributed by atoms with van der Waals surface area (Å²) in [6.45, 7) is -0.114. The Bertz CT molecular complexity index is 1030. The quantitative estimate of drug-likeness (QED) is 0.503. The number of nitro groups is 1. The van der Waals surface area contributed by atoms with Crippen LogP contribution in [0.2, 0.25) is 0 Å². The number of fused-ring (bicyclic) bond motifs is 1. The van der Waals surface area contributed by atoms with E-state index in [1.54, 1.807) is 0 Å². The van der Waals surface area contributed by atoms with Crippen LogP contribution in [0.5, 0.6) is 5.75 Å². The van der Waals surface area contributed by atoms with Crippen molar-refractivity contribution < 1.29 is 34.3 Å². The number of rotatable bonds is 4. The zero-order chi connectivity index (χ0) is 21.3. The van der Waals surface area contributed by atoms with Crippen molar-refractivity contribution in [1.82, 2.24) is 14.7 Å². The van der Waals surface area contributed by atoms with Gasteiger partial charge in [0.15, 0.2) is 5.82 Å². The van der Waals surface area contributed by atoms with Crippen molar-refractivity contribution >= 4 is 29.6 Å². The highest BCUT2D eigenvalue weighted by Gasteiger charge is 2.31. The van der Waals surface area contributed by atoms with E-state index in [0.717, 1.165) is 11.0 Å². The minimum atomic E-state index is -1.40. The van der Waals surface area contributed by atoms with Crippen LogP contribution >= 0.6 is 0 Å². The molecule has 0 aliphatic carbocycles. The number of nitrogens with zero attached hydrogens (tertiary/aromatic N) is 4. The first-order chi connectivity index (χ1) is 13.7. The minimum absolute atomic E-state index is 0.0681. The molecule has 13 heteroatoms. The van der Waals surface area contributed by atoms with Gasteiger partial charge in [0.2, 0.25) is 0 Å². The van der Waals surface area contributed by atoms with E-state index in [2.05, 4.69) is 10.4 Å². The van der Waals surface area contributed by atoms with Crippen molar-refractivity contribution in [1.29, 1.82) is 0 Å². The molecule has 0 radical (unpaired) electrons. The van der Waals surface area contributed by atoms with E-state index < -0.39 is 28.7 Å². The molecule has 1 aliphatic rings. The van der Waals surface area contributed by atoms with Crippen molar-refractivity contribution in [2.45, 2.75) is 13.0 Å². The smallest absolute Gasteiger partial charge is 0.432 e. The molecule has 3 N–H and O–H groups in total.